The lowest BCUT2D eigenvalue weighted by atomic mass is 10.0. The standard InChI is InChI=1S/C16H16O3/c17-15(7-3-4-8-16(18)19)14-10-9-12-5-1-2-6-13(12)11-14/h1-2,5-6,9-11H,3-4,7-8H2,(H,18,19). The largest absolute Gasteiger partial charge is 0.481 e. The highest BCUT2D eigenvalue weighted by atomic mass is 16.4. The predicted molar refractivity (Wildman–Crippen MR) is 74.4 cm³/mol. The summed E-state index contributed by atoms with van der Waals surface area (Å²) < 4.78 is 0. The van der Waals surface area contributed by atoms with Crippen LogP contribution in [0.5, 0.6) is 0 Å². The first kappa shape index (κ1) is 13.3. The molecule has 2 aromatic carbocycles. The summed E-state index contributed by atoms with van der Waals surface area (Å²) in [5.74, 6) is -0.728. The van der Waals surface area contributed by atoms with E-state index in [0.717, 1.165) is 10.8 Å². The third-order valence-electron chi connectivity index (χ3n) is 3.12. The summed E-state index contributed by atoms with van der Waals surface area (Å²) in [4.78, 5) is 22.4. The van der Waals surface area contributed by atoms with E-state index >= 15 is 0 Å². The van der Waals surface area contributed by atoms with Gasteiger partial charge in [0.05, 0.1) is 0 Å². The van der Waals surface area contributed by atoms with Gasteiger partial charge in [0.1, 0.15) is 0 Å². The number of hydrogen-bond donors (Lipinski definition) is 1. The van der Waals surface area contributed by atoms with Crippen molar-refractivity contribution >= 4 is 22.5 Å². The van der Waals surface area contributed by atoms with Crippen molar-refractivity contribution in [3.63, 3.8) is 0 Å². The number of carbonyl (C=O) groups excluding carboxylic acids is 1. The molecule has 0 aliphatic heterocycles. The molecule has 98 valence electrons. The van der Waals surface area contributed by atoms with Crippen LogP contribution in [0.3, 0.4) is 0 Å². The maximum atomic E-state index is 12.0. The Labute approximate surface area is 111 Å². The van der Waals surface area contributed by atoms with Crippen LogP contribution < -0.4 is 0 Å². The lowest BCUT2D eigenvalue weighted by Crippen LogP contribution is -2.00. The Bertz CT molecular complexity index is 602. The van der Waals surface area contributed by atoms with Crippen LogP contribution in [0.1, 0.15) is 36.0 Å². The van der Waals surface area contributed by atoms with Crippen LogP contribution in [-0.4, -0.2) is 16.9 Å². The van der Waals surface area contributed by atoms with Gasteiger partial charge in [-0.2, -0.15) is 0 Å². The Morgan fingerprint density at radius 3 is 2.32 bits per heavy atom. The van der Waals surface area contributed by atoms with Gasteiger partial charge < -0.3 is 5.11 Å². The third kappa shape index (κ3) is 3.65. The highest BCUT2D eigenvalue weighted by Crippen LogP contribution is 2.17. The molecule has 2 rings (SSSR count). The van der Waals surface area contributed by atoms with E-state index in [2.05, 4.69) is 0 Å². The van der Waals surface area contributed by atoms with Crippen molar-refractivity contribution < 1.29 is 14.7 Å². The van der Waals surface area contributed by atoms with Crippen LogP contribution in [0.25, 0.3) is 10.8 Å². The number of ketones is 1. The van der Waals surface area contributed by atoms with Gasteiger partial charge in [0.2, 0.25) is 0 Å². The average Bonchev–Trinajstić information content (AvgIpc) is 2.42. The maximum Gasteiger partial charge on any atom is 0.303 e. The SMILES string of the molecule is O=C(O)CCCCC(=O)c1ccc2ccccc2c1. The summed E-state index contributed by atoms with van der Waals surface area (Å²) in [7, 11) is 0. The van der Waals surface area contributed by atoms with Crippen LogP contribution >= 0.6 is 0 Å². The zero-order valence-electron chi connectivity index (χ0n) is 10.6. The second kappa shape index (κ2) is 6.14. The molecule has 0 aromatic heterocycles. The maximum absolute atomic E-state index is 12.0. The quantitative estimate of drug-likeness (QED) is 0.633. The van der Waals surface area contributed by atoms with E-state index in [1.54, 1.807) is 0 Å². The number of carboxylic acid groups (broad SMARTS) is 1. The molecule has 3 heteroatoms. The summed E-state index contributed by atoms with van der Waals surface area (Å²) in [6, 6.07) is 13.6. The van der Waals surface area contributed by atoms with Crippen LogP contribution in [0.15, 0.2) is 42.5 Å². The number of benzene rings is 2. The first-order valence-electron chi connectivity index (χ1n) is 6.40. The van der Waals surface area contributed by atoms with Crippen LogP contribution in [0.4, 0.5) is 0 Å². The zero-order valence-corrected chi connectivity index (χ0v) is 10.6. The van der Waals surface area contributed by atoms with Crippen molar-refractivity contribution in [2.45, 2.75) is 25.7 Å². The Hall–Kier alpha value is -2.16. The smallest absolute Gasteiger partial charge is 0.303 e. The number of carboxylic acids is 1. The molecule has 0 fully saturated rings. The van der Waals surface area contributed by atoms with E-state index in [9.17, 15) is 9.59 Å². The third-order valence-corrected chi connectivity index (χ3v) is 3.12. The molecule has 0 spiro atoms. The summed E-state index contributed by atoms with van der Waals surface area (Å²) in [6.45, 7) is 0. The van der Waals surface area contributed by atoms with Crippen molar-refractivity contribution in [3.05, 3.63) is 48.0 Å². The molecule has 0 heterocycles. The molecular formula is C16H16O3. The lowest BCUT2D eigenvalue weighted by Gasteiger charge is -2.03. The minimum Gasteiger partial charge on any atom is -0.481 e. The van der Waals surface area contributed by atoms with Crippen LogP contribution in [0, 0.1) is 0 Å². The summed E-state index contributed by atoms with van der Waals surface area (Å²) in [5, 5.41) is 10.7. The molecule has 0 aliphatic carbocycles. The highest BCUT2D eigenvalue weighted by Gasteiger charge is 2.07. The molecule has 0 saturated heterocycles. The molecule has 19 heavy (non-hydrogen) atoms. The average molecular weight is 256 g/mol. The zero-order chi connectivity index (χ0) is 13.7. The Morgan fingerprint density at radius 1 is 0.895 bits per heavy atom. The molecule has 0 bridgehead atoms. The monoisotopic (exact) mass is 256 g/mol. The molecule has 0 unspecified atom stereocenters. The van der Waals surface area contributed by atoms with E-state index in [0.29, 0.717) is 24.8 Å². The number of Topliss-reactive ketones (excluding diaryl/α,β-unsaturated/α-hetero) is 1. The second-order valence-corrected chi connectivity index (χ2v) is 4.59. The summed E-state index contributed by atoms with van der Waals surface area (Å²) >= 11 is 0. The van der Waals surface area contributed by atoms with Crippen molar-refractivity contribution in [1.82, 2.24) is 0 Å². The first-order valence-corrected chi connectivity index (χ1v) is 6.40. The van der Waals surface area contributed by atoms with Gasteiger partial charge in [-0.05, 0) is 29.7 Å². The van der Waals surface area contributed by atoms with Gasteiger partial charge in [-0.1, -0.05) is 36.4 Å². The second-order valence-electron chi connectivity index (χ2n) is 4.59. The highest BCUT2D eigenvalue weighted by molar-refractivity contribution is 5.99. The fraction of sp³-hybridized carbons (Fsp3) is 0.250. The van der Waals surface area contributed by atoms with E-state index in [-0.39, 0.29) is 12.2 Å². The summed E-state index contributed by atoms with van der Waals surface area (Å²) in [5.41, 5.74) is 0.703. The van der Waals surface area contributed by atoms with Gasteiger partial charge in [0.25, 0.3) is 0 Å². The van der Waals surface area contributed by atoms with Gasteiger partial charge in [0.15, 0.2) is 5.78 Å². The molecule has 0 amide bonds. The Morgan fingerprint density at radius 2 is 1.58 bits per heavy atom. The number of aliphatic carboxylic acids is 1. The molecule has 2 aromatic rings. The minimum absolute atomic E-state index is 0.0798. The summed E-state index contributed by atoms with van der Waals surface area (Å²) in [6.07, 6.45) is 1.71. The molecule has 3 nitrogen and oxygen atoms in total. The molecular weight excluding hydrogens is 240 g/mol. The fourth-order valence-electron chi connectivity index (χ4n) is 2.07. The van der Waals surface area contributed by atoms with Crippen molar-refractivity contribution in [2.24, 2.45) is 0 Å². The van der Waals surface area contributed by atoms with Crippen molar-refractivity contribution in [3.8, 4) is 0 Å². The molecule has 0 atom stereocenters. The van der Waals surface area contributed by atoms with E-state index in [1.807, 2.05) is 42.5 Å². The fourth-order valence-corrected chi connectivity index (χ4v) is 2.07. The van der Waals surface area contributed by atoms with Gasteiger partial charge in [-0.15, -0.1) is 0 Å². The van der Waals surface area contributed by atoms with Crippen molar-refractivity contribution in [2.75, 3.05) is 0 Å². The van der Waals surface area contributed by atoms with Crippen LogP contribution in [-0.2, 0) is 4.79 Å². The lowest BCUT2D eigenvalue weighted by molar-refractivity contribution is -0.137. The van der Waals surface area contributed by atoms with Gasteiger partial charge in [-0.3, -0.25) is 9.59 Å². The normalized spacial score (nSPS) is 10.5. The first-order chi connectivity index (χ1) is 9.16. The predicted octanol–water partition coefficient (Wildman–Crippen LogP) is 3.67. The molecule has 0 saturated carbocycles. The molecule has 0 aliphatic rings. The van der Waals surface area contributed by atoms with E-state index < -0.39 is 5.97 Å². The number of rotatable bonds is 6. The van der Waals surface area contributed by atoms with E-state index in [1.165, 1.54) is 0 Å². The Kier molecular flexibility index (Phi) is 4.29. The van der Waals surface area contributed by atoms with Crippen LogP contribution in [0.2, 0.25) is 0 Å². The molecule has 0 radical (unpaired) electrons. The minimum atomic E-state index is -0.807. The molecule has 1 N–H and O–H groups in total. The number of hydrogen-bond acceptors (Lipinski definition) is 2. The van der Waals surface area contributed by atoms with Gasteiger partial charge in [-0.25, -0.2) is 0 Å². The number of carbonyl (C=O) groups is 2. The van der Waals surface area contributed by atoms with Crippen molar-refractivity contribution in [1.29, 1.82) is 0 Å². The van der Waals surface area contributed by atoms with Gasteiger partial charge in [0, 0.05) is 18.4 Å². The number of unbranched alkanes of at least 4 members (excludes halogenated alkanes) is 1. The topological polar surface area (TPSA) is 54.4 Å². The number of fused-ring (bicyclic) bond motifs is 1. The van der Waals surface area contributed by atoms with E-state index in [4.69, 9.17) is 5.11 Å². The van der Waals surface area contributed by atoms with Gasteiger partial charge >= 0.3 is 5.97 Å². The Balaban J connectivity index is 1.99.